The molecule has 14 heteroatoms. The molecule has 2 aromatic carbocycles. The van der Waals surface area contributed by atoms with Crippen LogP contribution in [0, 0.1) is 17.0 Å². The Morgan fingerprint density at radius 2 is 1.89 bits per heavy atom. The van der Waals surface area contributed by atoms with Crippen molar-refractivity contribution < 1.29 is 23.2 Å². The number of nitrogens with zero attached hydrogens (tertiary/aromatic N) is 2. The van der Waals surface area contributed by atoms with Crippen LogP contribution in [0.25, 0.3) is 0 Å². The van der Waals surface area contributed by atoms with Gasteiger partial charge in [-0.25, -0.2) is 13.2 Å². The van der Waals surface area contributed by atoms with E-state index in [-0.39, 0.29) is 21.4 Å². The van der Waals surface area contributed by atoms with Crippen molar-refractivity contribution in [3.63, 3.8) is 0 Å². The lowest BCUT2D eigenvalue weighted by atomic mass is 10.3. The number of ether oxygens (including phenoxy) is 1. The first-order chi connectivity index (χ1) is 17.5. The molecular weight excluding hydrogens is 528 g/mol. The summed E-state index contributed by atoms with van der Waals surface area (Å²) in [5, 5.41) is 22.9. The molecule has 1 aliphatic heterocycles. The van der Waals surface area contributed by atoms with E-state index in [9.17, 15) is 28.1 Å². The number of para-hydroxylation sites is 1. The fourth-order valence-corrected chi connectivity index (χ4v) is 5.30. The molecule has 1 aliphatic rings. The molecule has 0 saturated carbocycles. The Balaban J connectivity index is 0.000000213. The molecule has 3 N–H and O–H groups in total. The Kier molecular flexibility index (Phi) is 8.65. The van der Waals surface area contributed by atoms with Crippen LogP contribution in [0.4, 0.5) is 11.4 Å². The number of anilines is 1. The summed E-state index contributed by atoms with van der Waals surface area (Å²) in [4.78, 5) is 34.7. The van der Waals surface area contributed by atoms with E-state index in [1.807, 2.05) is 0 Å². The molecule has 37 heavy (non-hydrogen) atoms. The Bertz CT molecular complexity index is 1570. The number of aliphatic hydroxyl groups excluding tert-OH is 1. The molecule has 12 nitrogen and oxygen atoms in total. The fourth-order valence-electron chi connectivity index (χ4n) is 3.40. The monoisotopic (exact) mass is 550 g/mol. The quantitative estimate of drug-likeness (QED) is 0.236. The molecule has 0 bridgehead atoms. The summed E-state index contributed by atoms with van der Waals surface area (Å²) < 4.78 is 32.0. The Hall–Kier alpha value is -3.78. The van der Waals surface area contributed by atoms with Gasteiger partial charge in [0.2, 0.25) is 9.84 Å². The fraction of sp³-hybridized carbons (Fsp3) is 0.217. The molecule has 0 fully saturated rings. The van der Waals surface area contributed by atoms with Crippen molar-refractivity contribution in [2.45, 2.75) is 29.0 Å². The number of halogens is 1. The number of hydrogen-bond acceptors (Lipinski definition) is 9. The summed E-state index contributed by atoms with van der Waals surface area (Å²) >= 11 is 5.84. The lowest BCUT2D eigenvalue weighted by molar-refractivity contribution is -0.387. The highest BCUT2D eigenvalue weighted by molar-refractivity contribution is 7.91. The normalized spacial score (nSPS) is 16.6. The van der Waals surface area contributed by atoms with Crippen molar-refractivity contribution in [3.8, 4) is 0 Å². The second kappa shape index (κ2) is 11.5. The summed E-state index contributed by atoms with van der Waals surface area (Å²) in [7, 11) is -2.51. The zero-order valence-corrected chi connectivity index (χ0v) is 21.2. The number of hydrogen-bond donors (Lipinski definition) is 3. The molecule has 1 aromatic heterocycles. The van der Waals surface area contributed by atoms with E-state index >= 15 is 0 Å². The van der Waals surface area contributed by atoms with Crippen LogP contribution in [0.15, 0.2) is 80.2 Å². The molecule has 0 aliphatic carbocycles. The molecule has 0 saturated heterocycles. The first-order valence-corrected chi connectivity index (χ1v) is 12.6. The standard InChI is InChI=1S/C13H11ClN2O4S.C10H12N2O4/c1-15-10-7-6-9(14)8-13(10)21(19,20)12-5-3-2-4-11(12)16(17)18;1-6-4-12(10(15)11-9(6)14)8-3-2-7(5-13)16-8/h2-8,15H,1H3;2-4,7-8,13H,5H2,1H3,(H,11,14,15)/t;7-,8+/m.0/s1. The van der Waals surface area contributed by atoms with E-state index in [2.05, 4.69) is 10.3 Å². The molecule has 0 amide bonds. The van der Waals surface area contributed by atoms with E-state index < -0.39 is 44.0 Å². The van der Waals surface area contributed by atoms with Crippen LogP contribution in [0.3, 0.4) is 0 Å². The maximum absolute atomic E-state index is 12.7. The maximum Gasteiger partial charge on any atom is 0.330 e. The predicted octanol–water partition coefficient (Wildman–Crippen LogP) is 2.41. The Morgan fingerprint density at radius 1 is 1.19 bits per heavy atom. The summed E-state index contributed by atoms with van der Waals surface area (Å²) in [6, 6.07) is 9.50. The van der Waals surface area contributed by atoms with Gasteiger partial charge in [0.15, 0.2) is 6.23 Å². The van der Waals surface area contributed by atoms with Gasteiger partial charge < -0.3 is 15.2 Å². The lowest BCUT2D eigenvalue weighted by Crippen LogP contribution is -2.33. The largest absolute Gasteiger partial charge is 0.393 e. The van der Waals surface area contributed by atoms with E-state index in [1.165, 1.54) is 47.2 Å². The number of rotatable bonds is 6. The highest BCUT2D eigenvalue weighted by Crippen LogP contribution is 2.34. The third-order valence-corrected chi connectivity index (χ3v) is 7.33. The Labute approximate surface area is 215 Å². The van der Waals surface area contributed by atoms with Gasteiger partial charge in [-0.3, -0.25) is 24.5 Å². The van der Waals surface area contributed by atoms with Crippen LogP contribution in [0.5, 0.6) is 0 Å². The molecule has 0 unspecified atom stereocenters. The van der Waals surface area contributed by atoms with Gasteiger partial charge in [0.05, 0.1) is 22.1 Å². The minimum atomic E-state index is -4.07. The van der Waals surface area contributed by atoms with E-state index in [0.29, 0.717) is 11.3 Å². The number of aryl methyl sites for hydroxylation is 1. The number of nitro benzene ring substituents is 1. The number of nitro groups is 1. The number of aromatic nitrogens is 2. The van der Waals surface area contributed by atoms with Gasteiger partial charge in [-0.1, -0.05) is 29.8 Å². The van der Waals surface area contributed by atoms with Crippen LogP contribution >= 0.6 is 11.6 Å². The zero-order valence-electron chi connectivity index (χ0n) is 19.6. The molecule has 196 valence electrons. The predicted molar refractivity (Wildman–Crippen MR) is 136 cm³/mol. The molecular formula is C23H23ClN4O8S. The van der Waals surface area contributed by atoms with Crippen LogP contribution in [-0.4, -0.2) is 47.8 Å². The van der Waals surface area contributed by atoms with E-state index in [4.69, 9.17) is 21.4 Å². The smallest absolute Gasteiger partial charge is 0.330 e. The topological polar surface area (TPSA) is 174 Å². The highest BCUT2D eigenvalue weighted by Gasteiger charge is 2.29. The van der Waals surface area contributed by atoms with Crippen LogP contribution in [-0.2, 0) is 14.6 Å². The first-order valence-electron chi connectivity index (χ1n) is 10.7. The highest BCUT2D eigenvalue weighted by atomic mass is 35.5. The van der Waals surface area contributed by atoms with Gasteiger partial charge in [0, 0.05) is 29.9 Å². The van der Waals surface area contributed by atoms with Gasteiger partial charge in [0.1, 0.15) is 11.0 Å². The number of benzene rings is 2. The van der Waals surface area contributed by atoms with Gasteiger partial charge >= 0.3 is 5.69 Å². The summed E-state index contributed by atoms with van der Waals surface area (Å²) in [6.07, 6.45) is 3.82. The third kappa shape index (κ3) is 6.14. The van der Waals surface area contributed by atoms with Gasteiger partial charge in [-0.15, -0.1) is 0 Å². The summed E-state index contributed by atoms with van der Waals surface area (Å²) in [5.74, 6) is 0. The SMILES string of the molecule is CNc1ccc(Cl)cc1S(=O)(=O)c1ccccc1[N+](=O)[O-].Cc1cn([C@H]2C=C[C@@H](CO)O2)c(=O)[nH]c1=O. The number of aromatic amines is 1. The van der Waals surface area contributed by atoms with Crippen LogP contribution in [0.1, 0.15) is 11.8 Å². The van der Waals surface area contributed by atoms with Crippen molar-refractivity contribution in [3.05, 3.63) is 102 Å². The van der Waals surface area contributed by atoms with Gasteiger partial charge in [-0.05, 0) is 37.3 Å². The molecule has 0 radical (unpaired) electrons. The number of nitrogens with one attached hydrogen (secondary N) is 2. The van der Waals surface area contributed by atoms with Gasteiger partial charge in [-0.2, -0.15) is 0 Å². The van der Waals surface area contributed by atoms with Crippen molar-refractivity contribution in [2.24, 2.45) is 0 Å². The second-order valence-electron chi connectivity index (χ2n) is 7.73. The third-order valence-electron chi connectivity index (χ3n) is 5.26. The van der Waals surface area contributed by atoms with Crippen LogP contribution in [0.2, 0.25) is 5.02 Å². The zero-order chi connectivity index (χ0) is 27.3. The van der Waals surface area contributed by atoms with Crippen molar-refractivity contribution in [1.29, 1.82) is 0 Å². The average Bonchev–Trinajstić information content (AvgIpc) is 3.35. The van der Waals surface area contributed by atoms with Crippen molar-refractivity contribution in [1.82, 2.24) is 9.55 Å². The van der Waals surface area contributed by atoms with Crippen molar-refractivity contribution in [2.75, 3.05) is 19.0 Å². The van der Waals surface area contributed by atoms with Crippen LogP contribution < -0.4 is 16.6 Å². The number of aliphatic hydroxyl groups is 1. The van der Waals surface area contributed by atoms with Gasteiger partial charge in [0.25, 0.3) is 11.2 Å². The molecule has 2 heterocycles. The number of H-pyrrole nitrogens is 1. The minimum Gasteiger partial charge on any atom is -0.393 e. The maximum atomic E-state index is 12.7. The molecule has 0 spiro atoms. The minimum absolute atomic E-state index is 0.105. The van der Waals surface area contributed by atoms with E-state index in [0.717, 1.165) is 6.07 Å². The lowest BCUT2D eigenvalue weighted by Gasteiger charge is -2.14. The molecule has 3 aromatic rings. The second-order valence-corrected chi connectivity index (χ2v) is 10.1. The molecule has 4 rings (SSSR count). The Morgan fingerprint density at radius 3 is 2.51 bits per heavy atom. The first kappa shape index (κ1) is 27.8. The average molecular weight is 551 g/mol. The van der Waals surface area contributed by atoms with Crippen molar-refractivity contribution >= 4 is 32.8 Å². The molecule has 2 atom stereocenters. The summed E-state index contributed by atoms with van der Waals surface area (Å²) in [5.41, 5.74) is -0.646. The number of sulfone groups is 1. The summed E-state index contributed by atoms with van der Waals surface area (Å²) in [6.45, 7) is 1.47. The van der Waals surface area contributed by atoms with E-state index in [1.54, 1.807) is 26.1 Å².